The van der Waals surface area contributed by atoms with Crippen LogP contribution in [0.3, 0.4) is 0 Å². The average Bonchev–Trinajstić information content (AvgIpc) is 2.77. The minimum absolute atomic E-state index is 0.0620. The molecule has 0 spiro atoms. The van der Waals surface area contributed by atoms with E-state index in [1.165, 1.54) is 23.1 Å². The van der Waals surface area contributed by atoms with Crippen molar-refractivity contribution in [1.29, 1.82) is 0 Å². The third kappa shape index (κ3) is 3.72. The van der Waals surface area contributed by atoms with Crippen LogP contribution in [0.15, 0.2) is 22.6 Å². The molecule has 0 saturated heterocycles. The van der Waals surface area contributed by atoms with Gasteiger partial charge in [0, 0.05) is 17.5 Å². The van der Waals surface area contributed by atoms with Crippen molar-refractivity contribution in [1.82, 2.24) is 14.9 Å². The van der Waals surface area contributed by atoms with Gasteiger partial charge in [-0.25, -0.2) is 4.98 Å². The van der Waals surface area contributed by atoms with Crippen LogP contribution in [0.4, 0.5) is 0 Å². The SMILES string of the molecule is C=CCn1c(SC(C)C(=O)NC(C)C)nc2sc(C)c(C)c2c1=O. The van der Waals surface area contributed by atoms with Crippen LogP contribution in [-0.4, -0.2) is 26.8 Å². The molecule has 0 aromatic carbocycles. The van der Waals surface area contributed by atoms with Crippen molar-refractivity contribution in [3.63, 3.8) is 0 Å². The summed E-state index contributed by atoms with van der Waals surface area (Å²) in [4.78, 5) is 31.5. The first-order chi connectivity index (χ1) is 11.3. The molecule has 1 atom stereocenters. The van der Waals surface area contributed by atoms with Gasteiger partial charge in [0.15, 0.2) is 5.16 Å². The van der Waals surface area contributed by atoms with Crippen molar-refractivity contribution in [2.75, 3.05) is 0 Å². The Kier molecular flexibility index (Phi) is 5.87. The number of aromatic nitrogens is 2. The van der Waals surface area contributed by atoms with Crippen LogP contribution in [0.1, 0.15) is 31.2 Å². The van der Waals surface area contributed by atoms with Crippen molar-refractivity contribution >= 4 is 39.2 Å². The van der Waals surface area contributed by atoms with E-state index in [4.69, 9.17) is 0 Å². The maximum Gasteiger partial charge on any atom is 0.263 e. The van der Waals surface area contributed by atoms with Crippen molar-refractivity contribution in [3.8, 4) is 0 Å². The van der Waals surface area contributed by atoms with Gasteiger partial charge in [0.2, 0.25) is 5.91 Å². The molecule has 1 N–H and O–H groups in total. The molecule has 0 radical (unpaired) electrons. The Labute approximate surface area is 150 Å². The van der Waals surface area contributed by atoms with E-state index in [1.54, 1.807) is 10.6 Å². The van der Waals surface area contributed by atoms with Crippen molar-refractivity contribution < 1.29 is 4.79 Å². The van der Waals surface area contributed by atoms with Gasteiger partial charge in [0.05, 0.1) is 10.6 Å². The van der Waals surface area contributed by atoms with Crippen LogP contribution in [0.2, 0.25) is 0 Å². The quantitative estimate of drug-likeness (QED) is 0.485. The number of nitrogens with zero attached hydrogens (tertiary/aromatic N) is 2. The standard InChI is InChI=1S/C17H23N3O2S2/c1-7-8-20-16(22)13-10(4)11(5)23-15(13)19-17(20)24-12(6)14(21)18-9(2)3/h7,9,12H,1,8H2,2-6H3,(H,18,21). The molecule has 2 aromatic rings. The Hall–Kier alpha value is -1.60. The first kappa shape index (κ1) is 18.7. The zero-order valence-corrected chi connectivity index (χ0v) is 16.3. The lowest BCUT2D eigenvalue weighted by molar-refractivity contribution is -0.120. The normalized spacial score (nSPS) is 12.6. The number of fused-ring (bicyclic) bond motifs is 1. The van der Waals surface area contributed by atoms with Crippen LogP contribution in [0.5, 0.6) is 0 Å². The van der Waals surface area contributed by atoms with Crippen LogP contribution in [-0.2, 0) is 11.3 Å². The molecule has 2 aromatic heterocycles. The molecule has 0 aliphatic carbocycles. The van der Waals surface area contributed by atoms with E-state index in [2.05, 4.69) is 16.9 Å². The number of hydrogen-bond donors (Lipinski definition) is 1. The first-order valence-corrected chi connectivity index (χ1v) is 9.54. The number of carbonyl (C=O) groups excluding carboxylic acids is 1. The smallest absolute Gasteiger partial charge is 0.263 e. The highest BCUT2D eigenvalue weighted by atomic mass is 32.2. The highest BCUT2D eigenvalue weighted by molar-refractivity contribution is 8.00. The van der Waals surface area contributed by atoms with E-state index in [9.17, 15) is 9.59 Å². The van der Waals surface area contributed by atoms with Gasteiger partial charge >= 0.3 is 0 Å². The summed E-state index contributed by atoms with van der Waals surface area (Å²) in [5.41, 5.74) is 0.910. The lowest BCUT2D eigenvalue weighted by Crippen LogP contribution is -2.36. The summed E-state index contributed by atoms with van der Waals surface area (Å²) in [5, 5.41) is 3.77. The molecule has 1 unspecified atom stereocenters. The molecule has 24 heavy (non-hydrogen) atoms. The van der Waals surface area contributed by atoms with E-state index in [0.29, 0.717) is 17.1 Å². The highest BCUT2D eigenvalue weighted by Gasteiger charge is 2.21. The molecular formula is C17H23N3O2S2. The topological polar surface area (TPSA) is 64.0 Å². The fraction of sp³-hybridized carbons (Fsp3) is 0.471. The molecule has 2 rings (SSSR count). The van der Waals surface area contributed by atoms with Crippen LogP contribution >= 0.6 is 23.1 Å². The lowest BCUT2D eigenvalue weighted by atomic mass is 10.2. The van der Waals surface area contributed by atoms with Gasteiger partial charge in [-0.2, -0.15) is 0 Å². The first-order valence-electron chi connectivity index (χ1n) is 7.84. The van der Waals surface area contributed by atoms with E-state index < -0.39 is 0 Å². The number of nitrogens with one attached hydrogen (secondary N) is 1. The van der Waals surface area contributed by atoms with E-state index in [0.717, 1.165) is 15.3 Å². The summed E-state index contributed by atoms with van der Waals surface area (Å²) in [6.45, 7) is 13.7. The number of carbonyl (C=O) groups is 1. The second-order valence-electron chi connectivity index (χ2n) is 5.99. The van der Waals surface area contributed by atoms with Gasteiger partial charge in [0.1, 0.15) is 4.83 Å². The van der Waals surface area contributed by atoms with Gasteiger partial charge in [0.25, 0.3) is 5.56 Å². The monoisotopic (exact) mass is 365 g/mol. The van der Waals surface area contributed by atoms with Gasteiger partial charge in [-0.1, -0.05) is 17.8 Å². The molecule has 5 nitrogen and oxygen atoms in total. The van der Waals surface area contributed by atoms with Gasteiger partial charge < -0.3 is 5.32 Å². The molecule has 0 aliphatic heterocycles. The zero-order chi connectivity index (χ0) is 18.0. The summed E-state index contributed by atoms with van der Waals surface area (Å²) in [6.07, 6.45) is 1.67. The number of thioether (sulfide) groups is 1. The Morgan fingerprint density at radius 1 is 1.42 bits per heavy atom. The van der Waals surface area contributed by atoms with Crippen LogP contribution < -0.4 is 10.9 Å². The Morgan fingerprint density at radius 2 is 2.08 bits per heavy atom. The summed E-state index contributed by atoms with van der Waals surface area (Å²) >= 11 is 2.82. The van der Waals surface area contributed by atoms with Crippen LogP contribution in [0.25, 0.3) is 10.2 Å². The number of allylic oxidation sites excluding steroid dienone is 1. The Bertz CT molecular complexity index is 836. The Morgan fingerprint density at radius 3 is 2.67 bits per heavy atom. The predicted octanol–water partition coefficient (Wildman–Crippen LogP) is 3.27. The minimum Gasteiger partial charge on any atom is -0.353 e. The molecule has 0 aliphatic rings. The number of aryl methyl sites for hydroxylation is 2. The number of rotatable bonds is 6. The van der Waals surface area contributed by atoms with Crippen molar-refractivity contribution in [3.05, 3.63) is 33.4 Å². The Balaban J connectivity index is 2.49. The molecule has 130 valence electrons. The maximum absolute atomic E-state index is 12.9. The fourth-order valence-corrected chi connectivity index (χ4v) is 4.30. The predicted molar refractivity (Wildman–Crippen MR) is 102 cm³/mol. The molecular weight excluding hydrogens is 342 g/mol. The third-order valence-electron chi connectivity index (χ3n) is 3.65. The van der Waals surface area contributed by atoms with E-state index in [-0.39, 0.29) is 22.8 Å². The maximum atomic E-state index is 12.9. The fourth-order valence-electron chi connectivity index (χ4n) is 2.30. The summed E-state index contributed by atoms with van der Waals surface area (Å²) in [6, 6.07) is 0.0777. The molecule has 0 fully saturated rings. The van der Waals surface area contributed by atoms with Crippen LogP contribution in [0, 0.1) is 13.8 Å². The second-order valence-corrected chi connectivity index (χ2v) is 8.50. The number of amides is 1. The van der Waals surface area contributed by atoms with Crippen molar-refractivity contribution in [2.45, 2.75) is 57.6 Å². The van der Waals surface area contributed by atoms with Gasteiger partial charge in [-0.05, 0) is 40.2 Å². The van der Waals surface area contributed by atoms with Crippen molar-refractivity contribution in [2.24, 2.45) is 0 Å². The third-order valence-corrected chi connectivity index (χ3v) is 5.84. The van der Waals surface area contributed by atoms with Gasteiger partial charge in [-0.15, -0.1) is 17.9 Å². The number of hydrogen-bond acceptors (Lipinski definition) is 5. The average molecular weight is 366 g/mol. The minimum atomic E-state index is -0.338. The molecule has 2 heterocycles. The summed E-state index contributed by atoms with van der Waals surface area (Å²) < 4.78 is 1.60. The largest absolute Gasteiger partial charge is 0.353 e. The van der Waals surface area contributed by atoms with E-state index >= 15 is 0 Å². The molecule has 0 saturated carbocycles. The summed E-state index contributed by atoms with van der Waals surface area (Å²) in [5.74, 6) is -0.0620. The molecule has 0 bridgehead atoms. The van der Waals surface area contributed by atoms with E-state index in [1.807, 2.05) is 34.6 Å². The molecule has 7 heteroatoms. The number of thiophene rings is 1. The summed E-state index contributed by atoms with van der Waals surface area (Å²) in [7, 11) is 0. The lowest BCUT2D eigenvalue weighted by Gasteiger charge is -2.16. The molecule has 1 amide bonds. The zero-order valence-electron chi connectivity index (χ0n) is 14.7. The highest BCUT2D eigenvalue weighted by Crippen LogP contribution is 2.29. The second kappa shape index (κ2) is 7.53. The van der Waals surface area contributed by atoms with Gasteiger partial charge in [-0.3, -0.25) is 14.2 Å².